The van der Waals surface area contributed by atoms with Gasteiger partial charge in [0, 0.05) is 18.7 Å². The molecular formula is C51H62N6O11S. The number of primary amides is 1. The Morgan fingerprint density at radius 1 is 0.623 bits per heavy atom. The quantitative estimate of drug-likeness (QED) is 0.0229. The van der Waals surface area contributed by atoms with Crippen molar-refractivity contribution in [3.8, 4) is 5.75 Å². The SMILES string of the molecule is C=CCOC(=O)C(Cc1ccc(OC(=O)NCCC(NC(=O)OC(C)(C)C)C(=O)NC(CSC(c2ccccc2)(c2ccccc2)c2ccccc2)C(=O)NCC(N)=O)cc1)NC(=O)OC(C)(C)C. The fraction of sp³-hybridized carbons (Fsp3) is 0.353. The van der Waals surface area contributed by atoms with Crippen LogP contribution in [0, 0.1) is 0 Å². The summed E-state index contributed by atoms with van der Waals surface area (Å²) in [6.45, 7) is 12.8. The Morgan fingerprint density at radius 3 is 1.58 bits per heavy atom. The molecule has 17 nitrogen and oxygen atoms in total. The molecule has 0 aliphatic rings. The van der Waals surface area contributed by atoms with Crippen molar-refractivity contribution in [1.82, 2.24) is 26.6 Å². The molecule has 18 heteroatoms. The molecule has 0 saturated heterocycles. The van der Waals surface area contributed by atoms with Gasteiger partial charge in [0.2, 0.25) is 17.7 Å². The molecule has 0 radical (unpaired) electrons. The number of alkyl carbamates (subject to hydrolysis) is 2. The van der Waals surface area contributed by atoms with E-state index >= 15 is 0 Å². The van der Waals surface area contributed by atoms with Gasteiger partial charge in [0.05, 0.1) is 11.3 Å². The zero-order valence-corrected chi connectivity index (χ0v) is 40.5. The summed E-state index contributed by atoms with van der Waals surface area (Å²) in [4.78, 5) is 91.3. The summed E-state index contributed by atoms with van der Waals surface area (Å²) in [5.74, 6) is -2.89. The summed E-state index contributed by atoms with van der Waals surface area (Å²) < 4.78 is 20.5. The molecule has 0 aliphatic carbocycles. The van der Waals surface area contributed by atoms with E-state index in [2.05, 4.69) is 33.2 Å². The van der Waals surface area contributed by atoms with Crippen molar-refractivity contribution < 1.29 is 52.5 Å². The molecule has 0 aliphatic heterocycles. The van der Waals surface area contributed by atoms with Gasteiger partial charge in [0.1, 0.15) is 41.7 Å². The molecule has 0 saturated carbocycles. The highest BCUT2D eigenvalue weighted by Crippen LogP contribution is 2.48. The highest BCUT2D eigenvalue weighted by Gasteiger charge is 2.39. The maximum absolute atomic E-state index is 14.3. The molecule has 368 valence electrons. The molecule has 6 amide bonds. The first-order valence-electron chi connectivity index (χ1n) is 22.2. The molecule has 7 N–H and O–H groups in total. The van der Waals surface area contributed by atoms with E-state index in [0.717, 1.165) is 16.7 Å². The molecule has 0 heterocycles. The minimum Gasteiger partial charge on any atom is -0.460 e. The van der Waals surface area contributed by atoms with Crippen molar-refractivity contribution in [1.29, 1.82) is 0 Å². The monoisotopic (exact) mass is 966 g/mol. The van der Waals surface area contributed by atoms with Crippen LogP contribution in [0.3, 0.4) is 0 Å². The third kappa shape index (κ3) is 18.0. The fourth-order valence-corrected chi connectivity index (χ4v) is 8.28. The number of carbonyl (C=O) groups is 7. The largest absolute Gasteiger partial charge is 0.460 e. The van der Waals surface area contributed by atoms with Crippen LogP contribution >= 0.6 is 11.8 Å². The van der Waals surface area contributed by atoms with Crippen molar-refractivity contribution in [2.75, 3.05) is 25.4 Å². The van der Waals surface area contributed by atoms with Crippen molar-refractivity contribution in [3.63, 3.8) is 0 Å². The van der Waals surface area contributed by atoms with Gasteiger partial charge in [-0.1, -0.05) is 116 Å². The zero-order chi connectivity index (χ0) is 50.6. The number of benzene rings is 4. The Hall–Kier alpha value is -7.34. The number of hydrogen-bond acceptors (Lipinski definition) is 12. The Kier molecular flexibility index (Phi) is 20.2. The van der Waals surface area contributed by atoms with E-state index in [0.29, 0.717) is 5.56 Å². The molecule has 4 aromatic carbocycles. The summed E-state index contributed by atoms with van der Waals surface area (Å²) in [6, 6.07) is 31.5. The number of hydrogen-bond donors (Lipinski definition) is 6. The average Bonchev–Trinajstić information content (AvgIpc) is 3.29. The van der Waals surface area contributed by atoms with Crippen LogP contribution < -0.4 is 37.1 Å². The Morgan fingerprint density at radius 2 is 1.12 bits per heavy atom. The minimum atomic E-state index is -1.35. The van der Waals surface area contributed by atoms with E-state index in [1.807, 2.05) is 91.0 Å². The van der Waals surface area contributed by atoms with Crippen molar-refractivity contribution >= 4 is 53.7 Å². The van der Waals surface area contributed by atoms with Crippen LogP contribution in [0.2, 0.25) is 0 Å². The second kappa shape index (κ2) is 25.7. The van der Waals surface area contributed by atoms with Gasteiger partial charge >= 0.3 is 24.2 Å². The van der Waals surface area contributed by atoms with Crippen molar-refractivity contribution in [3.05, 3.63) is 150 Å². The summed E-state index contributed by atoms with van der Waals surface area (Å²) in [6.07, 6.45) is -1.39. The number of nitrogens with two attached hydrogens (primary N) is 1. The molecule has 0 fully saturated rings. The fourth-order valence-electron chi connectivity index (χ4n) is 6.72. The van der Waals surface area contributed by atoms with Crippen molar-refractivity contribution in [2.45, 2.75) is 88.5 Å². The highest BCUT2D eigenvalue weighted by atomic mass is 32.2. The number of rotatable bonds is 22. The van der Waals surface area contributed by atoms with E-state index in [1.165, 1.54) is 30.0 Å². The van der Waals surface area contributed by atoms with E-state index in [1.54, 1.807) is 53.7 Å². The number of amides is 6. The van der Waals surface area contributed by atoms with Gasteiger partial charge in [0.15, 0.2) is 0 Å². The van der Waals surface area contributed by atoms with E-state index in [9.17, 15) is 33.6 Å². The average molecular weight is 967 g/mol. The minimum absolute atomic E-state index is 0.0239. The Labute approximate surface area is 407 Å². The van der Waals surface area contributed by atoms with Gasteiger partial charge in [-0.2, -0.15) is 0 Å². The lowest BCUT2D eigenvalue weighted by Crippen LogP contribution is -2.56. The number of thioether (sulfide) groups is 1. The lowest BCUT2D eigenvalue weighted by molar-refractivity contribution is -0.145. The van der Waals surface area contributed by atoms with Crippen LogP contribution in [-0.4, -0.2) is 96.7 Å². The summed E-state index contributed by atoms with van der Waals surface area (Å²) in [7, 11) is 0. The smallest absolute Gasteiger partial charge is 0.412 e. The van der Waals surface area contributed by atoms with Gasteiger partial charge in [-0.25, -0.2) is 19.2 Å². The first kappa shape index (κ1) is 54.3. The van der Waals surface area contributed by atoms with Crippen LogP contribution in [0.25, 0.3) is 0 Å². The molecule has 69 heavy (non-hydrogen) atoms. The van der Waals surface area contributed by atoms with E-state index in [-0.39, 0.29) is 37.5 Å². The van der Waals surface area contributed by atoms with Crippen LogP contribution in [0.5, 0.6) is 5.75 Å². The highest BCUT2D eigenvalue weighted by molar-refractivity contribution is 8.00. The van der Waals surface area contributed by atoms with Crippen molar-refractivity contribution in [2.24, 2.45) is 5.73 Å². The van der Waals surface area contributed by atoms with Crippen LogP contribution in [0.15, 0.2) is 128 Å². The summed E-state index contributed by atoms with van der Waals surface area (Å²) >= 11 is 1.39. The number of esters is 1. The second-order valence-electron chi connectivity index (χ2n) is 17.6. The number of carbonyl (C=O) groups excluding carboxylic acids is 7. The molecule has 4 aromatic rings. The lowest BCUT2D eigenvalue weighted by atomic mass is 9.84. The molecule has 3 unspecified atom stereocenters. The summed E-state index contributed by atoms with van der Waals surface area (Å²) in [5.41, 5.74) is 6.93. The normalized spacial score (nSPS) is 12.7. The standard InChI is InChI=1S/C51H62N6O11S/c1-8-30-65-45(61)40(57-48(64)68-50(5,6)7)31-34-24-26-38(27-25-34)66-46(62)53-29-28-39(56-47(63)67-49(2,3)4)44(60)55-41(43(59)54-32-42(52)58)33-69-51(35-18-12-9-13-19-35,36-20-14-10-15-21-36)37-22-16-11-17-23-37/h8-27,39-41H,1,28-33H2,2-7H3,(H2,52,58)(H,53,62)(H,54,59)(H,55,60)(H,56,63)(H,57,64). The first-order valence-corrected chi connectivity index (χ1v) is 23.2. The molecule has 4 rings (SSSR count). The third-order valence-electron chi connectivity index (χ3n) is 9.68. The lowest BCUT2D eigenvalue weighted by Gasteiger charge is -2.36. The van der Waals surface area contributed by atoms with Gasteiger partial charge in [-0.3, -0.25) is 14.4 Å². The van der Waals surface area contributed by atoms with E-state index in [4.69, 9.17) is 24.7 Å². The molecule has 0 bridgehead atoms. The zero-order valence-electron chi connectivity index (χ0n) is 39.7. The second-order valence-corrected chi connectivity index (χ2v) is 18.8. The molecule has 0 aromatic heterocycles. The Bertz CT molecular complexity index is 2260. The summed E-state index contributed by atoms with van der Waals surface area (Å²) in [5, 5.41) is 12.9. The topological polar surface area (TPSA) is 243 Å². The maximum Gasteiger partial charge on any atom is 0.412 e. The molecular weight excluding hydrogens is 905 g/mol. The van der Waals surface area contributed by atoms with Gasteiger partial charge in [0.25, 0.3) is 0 Å². The predicted octanol–water partition coefficient (Wildman–Crippen LogP) is 6.04. The first-order chi connectivity index (χ1) is 32.7. The van der Waals surface area contributed by atoms with Crippen LogP contribution in [0.4, 0.5) is 14.4 Å². The number of nitrogens with one attached hydrogen (secondary N) is 5. The Balaban J connectivity index is 1.52. The van der Waals surface area contributed by atoms with Gasteiger partial charge < -0.3 is 51.3 Å². The van der Waals surface area contributed by atoms with Crippen LogP contribution in [-0.2, 0) is 44.6 Å². The van der Waals surface area contributed by atoms with Crippen LogP contribution in [0.1, 0.15) is 70.2 Å². The maximum atomic E-state index is 14.3. The van der Waals surface area contributed by atoms with Gasteiger partial charge in [-0.05, 0) is 82.3 Å². The van der Waals surface area contributed by atoms with E-state index < -0.39 is 82.6 Å². The predicted molar refractivity (Wildman–Crippen MR) is 262 cm³/mol. The molecule has 0 spiro atoms. The number of ether oxygens (including phenoxy) is 4. The molecule has 3 atom stereocenters. The van der Waals surface area contributed by atoms with Gasteiger partial charge in [-0.15, -0.1) is 11.8 Å². The third-order valence-corrected chi connectivity index (χ3v) is 11.3.